The molecule has 0 radical (unpaired) electrons. The van der Waals surface area contributed by atoms with E-state index in [0.717, 1.165) is 6.42 Å². The van der Waals surface area contributed by atoms with E-state index >= 15 is 0 Å². The largest absolute Gasteiger partial charge is 0.394 e. The number of amides is 3. The summed E-state index contributed by atoms with van der Waals surface area (Å²) in [6.07, 6.45) is 5.62. The van der Waals surface area contributed by atoms with E-state index < -0.39 is 35.1 Å². The first-order valence-corrected chi connectivity index (χ1v) is 15.1. The van der Waals surface area contributed by atoms with Crippen molar-refractivity contribution in [1.82, 2.24) is 9.80 Å². The number of hydrogen-bond acceptors (Lipinski definition) is 5. The van der Waals surface area contributed by atoms with Gasteiger partial charge in [-0.2, -0.15) is 0 Å². The third-order valence-corrected chi connectivity index (χ3v) is 9.18. The van der Waals surface area contributed by atoms with Crippen LogP contribution in [-0.2, 0) is 19.1 Å². The molecular formula is C32H44ClN3O5. The summed E-state index contributed by atoms with van der Waals surface area (Å²) in [6, 6.07) is 5.34. The van der Waals surface area contributed by atoms with E-state index in [1.807, 2.05) is 27.7 Å². The maximum atomic E-state index is 14.7. The second kappa shape index (κ2) is 12.3. The Bertz CT molecular complexity index is 1170. The highest BCUT2D eigenvalue weighted by Gasteiger charge is 2.78. The molecule has 0 aliphatic carbocycles. The zero-order valence-corrected chi connectivity index (χ0v) is 25.5. The van der Waals surface area contributed by atoms with Crippen LogP contribution in [0.4, 0.5) is 5.69 Å². The van der Waals surface area contributed by atoms with Gasteiger partial charge < -0.3 is 24.5 Å². The monoisotopic (exact) mass is 585 g/mol. The molecule has 9 heteroatoms. The lowest BCUT2D eigenvalue weighted by molar-refractivity contribution is -0.152. The Morgan fingerprint density at radius 3 is 2.39 bits per heavy atom. The average molecular weight is 586 g/mol. The summed E-state index contributed by atoms with van der Waals surface area (Å²) in [5.74, 6) is -2.17. The summed E-state index contributed by atoms with van der Waals surface area (Å²) in [5.41, 5.74) is -1.46. The van der Waals surface area contributed by atoms with Crippen LogP contribution in [-0.4, -0.2) is 82.2 Å². The second-order valence-electron chi connectivity index (χ2n) is 12.2. The van der Waals surface area contributed by atoms with Crippen molar-refractivity contribution in [3.8, 4) is 0 Å². The fourth-order valence-electron chi connectivity index (χ4n) is 7.37. The summed E-state index contributed by atoms with van der Waals surface area (Å²) in [7, 11) is 0. The van der Waals surface area contributed by atoms with Crippen molar-refractivity contribution in [2.75, 3.05) is 31.1 Å². The summed E-state index contributed by atoms with van der Waals surface area (Å²) in [5, 5.41) is 11.1. The molecule has 0 aromatic heterocycles. The number of hydrogen-bond donors (Lipinski definition) is 1. The van der Waals surface area contributed by atoms with Gasteiger partial charge in [0.05, 0.1) is 30.1 Å². The zero-order valence-electron chi connectivity index (χ0n) is 24.7. The molecule has 41 heavy (non-hydrogen) atoms. The Kier molecular flexibility index (Phi) is 9.36. The van der Waals surface area contributed by atoms with Crippen LogP contribution in [0.3, 0.4) is 0 Å². The predicted molar refractivity (Wildman–Crippen MR) is 160 cm³/mol. The molecule has 3 aliphatic rings. The predicted octanol–water partition coefficient (Wildman–Crippen LogP) is 4.46. The van der Waals surface area contributed by atoms with E-state index in [-0.39, 0.29) is 36.8 Å². The molecule has 4 rings (SSSR count). The third-order valence-electron chi connectivity index (χ3n) is 8.93. The molecule has 1 N–H and O–H groups in total. The van der Waals surface area contributed by atoms with Crippen LogP contribution in [0.15, 0.2) is 49.6 Å². The molecule has 224 valence electrons. The second-order valence-corrected chi connectivity index (χ2v) is 12.7. The number of benzene rings is 1. The van der Waals surface area contributed by atoms with Crippen LogP contribution in [0.25, 0.3) is 0 Å². The fourth-order valence-corrected chi connectivity index (χ4v) is 7.49. The van der Waals surface area contributed by atoms with E-state index in [9.17, 15) is 19.5 Å². The van der Waals surface area contributed by atoms with Gasteiger partial charge in [0.25, 0.3) is 5.91 Å². The van der Waals surface area contributed by atoms with Crippen molar-refractivity contribution in [3.05, 3.63) is 54.6 Å². The summed E-state index contributed by atoms with van der Waals surface area (Å²) in [4.78, 5) is 48.3. The molecule has 2 unspecified atom stereocenters. The number of likely N-dealkylation sites (tertiary alicyclic amines) is 1. The maximum Gasteiger partial charge on any atom is 0.253 e. The molecule has 1 aromatic rings. The minimum atomic E-state index is -1.19. The van der Waals surface area contributed by atoms with Crippen LogP contribution in [0.2, 0.25) is 5.02 Å². The van der Waals surface area contributed by atoms with E-state index in [1.165, 1.54) is 0 Å². The zero-order chi connectivity index (χ0) is 30.1. The molecule has 3 amide bonds. The van der Waals surface area contributed by atoms with Crippen molar-refractivity contribution >= 4 is 35.0 Å². The minimum Gasteiger partial charge on any atom is -0.394 e. The molecule has 3 aliphatic heterocycles. The topological polar surface area (TPSA) is 90.4 Å². The fraction of sp³-hybridized carbons (Fsp3) is 0.594. The molecule has 3 heterocycles. The summed E-state index contributed by atoms with van der Waals surface area (Å²) < 4.78 is 6.82. The van der Waals surface area contributed by atoms with Crippen LogP contribution < -0.4 is 4.90 Å². The third kappa shape index (κ3) is 5.35. The van der Waals surface area contributed by atoms with Crippen LogP contribution >= 0.6 is 11.6 Å². The van der Waals surface area contributed by atoms with Gasteiger partial charge in [-0.25, -0.2) is 0 Å². The van der Waals surface area contributed by atoms with Gasteiger partial charge in [0.15, 0.2) is 0 Å². The first-order chi connectivity index (χ1) is 19.5. The Morgan fingerprint density at radius 1 is 1.17 bits per heavy atom. The summed E-state index contributed by atoms with van der Waals surface area (Å²) >= 11 is 6.14. The van der Waals surface area contributed by atoms with Gasteiger partial charge in [-0.3, -0.25) is 14.4 Å². The van der Waals surface area contributed by atoms with Gasteiger partial charge >= 0.3 is 0 Å². The number of aliphatic hydroxyl groups is 1. The quantitative estimate of drug-likeness (QED) is 0.345. The van der Waals surface area contributed by atoms with Crippen molar-refractivity contribution in [2.45, 2.75) is 76.7 Å². The Hall–Kier alpha value is -2.68. The van der Waals surface area contributed by atoms with Gasteiger partial charge in [0.1, 0.15) is 11.6 Å². The molecule has 6 atom stereocenters. The number of halogens is 1. The molecule has 8 nitrogen and oxygen atoms in total. The highest BCUT2D eigenvalue weighted by Crippen LogP contribution is 2.64. The lowest BCUT2D eigenvalue weighted by Gasteiger charge is -2.40. The minimum absolute atomic E-state index is 0.146. The Labute approximate surface area is 248 Å². The van der Waals surface area contributed by atoms with Crippen molar-refractivity contribution in [2.24, 2.45) is 17.8 Å². The smallest absolute Gasteiger partial charge is 0.253 e. The molecule has 3 saturated heterocycles. The highest BCUT2D eigenvalue weighted by molar-refractivity contribution is 6.30. The number of anilines is 1. The molecule has 1 spiro atoms. The first-order valence-electron chi connectivity index (χ1n) is 14.7. The van der Waals surface area contributed by atoms with E-state index in [0.29, 0.717) is 43.1 Å². The van der Waals surface area contributed by atoms with E-state index in [2.05, 4.69) is 13.2 Å². The standard InChI is InChI=1S/C32H44ClN3O5/c1-7-16-34(17-8-2)28(38)25-26-29(39)36(24(20-37)19-21(4)5)27(32(26)15-14-31(25,6)41-32)30(40)35(18-9-3)23-12-10-22(33)11-13-23/h7,9-13,21,24-27,37H,1,3,8,14-20H2,2,4-6H3/t24-,25-,26+,27?,31+,32?/m1/s1. The maximum absolute atomic E-state index is 14.7. The first kappa shape index (κ1) is 31.3. The van der Waals surface area contributed by atoms with E-state index in [4.69, 9.17) is 16.3 Å². The van der Waals surface area contributed by atoms with Gasteiger partial charge in [0, 0.05) is 30.3 Å². The highest BCUT2D eigenvalue weighted by atomic mass is 35.5. The van der Waals surface area contributed by atoms with Crippen LogP contribution in [0.1, 0.15) is 53.4 Å². The van der Waals surface area contributed by atoms with Crippen molar-refractivity contribution < 1.29 is 24.2 Å². The number of nitrogens with zero attached hydrogens (tertiary/aromatic N) is 3. The van der Waals surface area contributed by atoms with Crippen LogP contribution in [0.5, 0.6) is 0 Å². The molecule has 1 aromatic carbocycles. The van der Waals surface area contributed by atoms with Crippen LogP contribution in [0, 0.1) is 17.8 Å². The van der Waals surface area contributed by atoms with Crippen molar-refractivity contribution in [1.29, 1.82) is 0 Å². The number of aliphatic hydroxyl groups excluding tert-OH is 1. The summed E-state index contributed by atoms with van der Waals surface area (Å²) in [6.45, 7) is 16.4. The van der Waals surface area contributed by atoms with Crippen molar-refractivity contribution in [3.63, 3.8) is 0 Å². The average Bonchev–Trinajstić information content (AvgIpc) is 3.50. The van der Waals surface area contributed by atoms with Gasteiger partial charge in [-0.15, -0.1) is 13.2 Å². The Balaban J connectivity index is 1.85. The van der Waals surface area contributed by atoms with Gasteiger partial charge in [0.2, 0.25) is 11.8 Å². The lowest BCUT2D eigenvalue weighted by atomic mass is 9.66. The molecule has 0 saturated carbocycles. The molecule has 3 fully saturated rings. The Morgan fingerprint density at radius 2 is 1.83 bits per heavy atom. The number of carbonyl (C=O) groups is 3. The number of fused-ring (bicyclic) bond motifs is 1. The number of ether oxygens (including phenoxy) is 1. The molecule has 2 bridgehead atoms. The lowest BCUT2D eigenvalue weighted by Crippen LogP contribution is -2.59. The number of rotatable bonds is 13. The number of carbonyl (C=O) groups excluding carboxylic acids is 3. The molecular weight excluding hydrogens is 542 g/mol. The van der Waals surface area contributed by atoms with Gasteiger partial charge in [-0.05, 0) is 62.8 Å². The SMILES string of the molecule is C=CCN(CCC)C(=O)[C@H]1[C@H]2C(=O)N([C@@H](CO)CC(C)C)C(C(=O)N(CC=C)c3ccc(Cl)cc3)C23CC[C@]1(C)O3. The normalized spacial score (nSPS) is 29.0. The van der Waals surface area contributed by atoms with E-state index in [1.54, 1.807) is 51.1 Å². The van der Waals surface area contributed by atoms with Gasteiger partial charge in [-0.1, -0.05) is 44.5 Å².